The Morgan fingerprint density at radius 3 is 2.83 bits per heavy atom. The zero-order chi connectivity index (χ0) is 13.0. The molecular weight excluding hydrogens is 222 g/mol. The fraction of sp³-hybridized carbons (Fsp3) is 0.800. The third-order valence-electron chi connectivity index (χ3n) is 4.66. The van der Waals surface area contributed by atoms with Crippen LogP contribution in [0.5, 0.6) is 0 Å². The van der Waals surface area contributed by atoms with Gasteiger partial charge >= 0.3 is 0 Å². The molecular formula is C15H27N3. The molecule has 2 rings (SSSR count). The lowest BCUT2D eigenvalue weighted by atomic mass is 9.71. The van der Waals surface area contributed by atoms with Crippen LogP contribution in [0.15, 0.2) is 12.4 Å². The Labute approximate surface area is 111 Å². The standard InChI is InChI=1S/C15H27N3/c1-4-12-5-6-13(11-16-2)14(9-12)10-15-17-7-8-18(15)3/h7-8,12-14,16H,4-6,9-11H2,1-3H3. The number of aryl methyl sites for hydroxylation is 1. The molecule has 18 heavy (non-hydrogen) atoms. The van der Waals surface area contributed by atoms with E-state index in [1.165, 1.54) is 31.5 Å². The molecule has 0 aliphatic heterocycles. The molecule has 0 spiro atoms. The molecule has 3 nitrogen and oxygen atoms in total. The average Bonchev–Trinajstić information content (AvgIpc) is 2.77. The maximum Gasteiger partial charge on any atom is 0.108 e. The molecule has 0 amide bonds. The lowest BCUT2D eigenvalue weighted by Gasteiger charge is -2.36. The van der Waals surface area contributed by atoms with Gasteiger partial charge in [0.2, 0.25) is 0 Å². The van der Waals surface area contributed by atoms with Gasteiger partial charge in [0, 0.05) is 25.9 Å². The van der Waals surface area contributed by atoms with E-state index in [1.54, 1.807) is 0 Å². The monoisotopic (exact) mass is 249 g/mol. The van der Waals surface area contributed by atoms with Crippen molar-refractivity contribution in [3.05, 3.63) is 18.2 Å². The highest BCUT2D eigenvalue weighted by molar-refractivity contribution is 4.95. The molecule has 1 N–H and O–H groups in total. The fourth-order valence-electron chi connectivity index (χ4n) is 3.40. The van der Waals surface area contributed by atoms with E-state index >= 15 is 0 Å². The van der Waals surface area contributed by atoms with Crippen molar-refractivity contribution in [2.75, 3.05) is 13.6 Å². The number of imidazole rings is 1. The Morgan fingerprint density at radius 2 is 2.22 bits per heavy atom. The van der Waals surface area contributed by atoms with Crippen LogP contribution in [0, 0.1) is 17.8 Å². The summed E-state index contributed by atoms with van der Waals surface area (Å²) in [5.41, 5.74) is 0. The van der Waals surface area contributed by atoms with Gasteiger partial charge in [0.1, 0.15) is 5.82 Å². The third kappa shape index (κ3) is 3.14. The zero-order valence-corrected chi connectivity index (χ0v) is 12.0. The predicted octanol–water partition coefficient (Wildman–Crippen LogP) is 2.62. The quantitative estimate of drug-likeness (QED) is 0.869. The second-order valence-electron chi connectivity index (χ2n) is 5.82. The van der Waals surface area contributed by atoms with E-state index in [9.17, 15) is 0 Å². The molecule has 3 unspecified atom stereocenters. The Bertz CT molecular complexity index is 358. The molecule has 1 saturated carbocycles. The molecule has 1 fully saturated rings. The first-order chi connectivity index (χ1) is 8.74. The normalized spacial score (nSPS) is 28.5. The SMILES string of the molecule is CCC1CCC(CNC)C(Cc2nccn2C)C1. The van der Waals surface area contributed by atoms with Crippen LogP contribution in [0.4, 0.5) is 0 Å². The minimum absolute atomic E-state index is 0.803. The van der Waals surface area contributed by atoms with Crippen molar-refractivity contribution in [3.63, 3.8) is 0 Å². The lowest BCUT2D eigenvalue weighted by Crippen LogP contribution is -2.33. The van der Waals surface area contributed by atoms with E-state index in [1.807, 2.05) is 6.20 Å². The lowest BCUT2D eigenvalue weighted by molar-refractivity contribution is 0.170. The van der Waals surface area contributed by atoms with Gasteiger partial charge < -0.3 is 9.88 Å². The highest BCUT2D eigenvalue weighted by atomic mass is 15.0. The Kier molecular flexibility index (Phi) is 4.81. The van der Waals surface area contributed by atoms with E-state index in [0.717, 1.165) is 30.7 Å². The summed E-state index contributed by atoms with van der Waals surface area (Å²) < 4.78 is 2.17. The molecule has 0 radical (unpaired) electrons. The maximum atomic E-state index is 4.50. The molecule has 0 aromatic carbocycles. The molecule has 102 valence electrons. The van der Waals surface area contributed by atoms with Crippen LogP contribution in [0.2, 0.25) is 0 Å². The van der Waals surface area contributed by atoms with E-state index < -0.39 is 0 Å². The van der Waals surface area contributed by atoms with Crippen molar-refractivity contribution in [3.8, 4) is 0 Å². The molecule has 1 heterocycles. The third-order valence-corrected chi connectivity index (χ3v) is 4.66. The molecule has 1 aliphatic carbocycles. The van der Waals surface area contributed by atoms with Crippen LogP contribution in [0.1, 0.15) is 38.4 Å². The van der Waals surface area contributed by atoms with Crippen molar-refractivity contribution < 1.29 is 0 Å². The van der Waals surface area contributed by atoms with Gasteiger partial charge in [0.15, 0.2) is 0 Å². The van der Waals surface area contributed by atoms with Crippen molar-refractivity contribution in [2.24, 2.45) is 24.8 Å². The van der Waals surface area contributed by atoms with Gasteiger partial charge in [-0.2, -0.15) is 0 Å². The molecule has 1 aliphatic rings. The minimum atomic E-state index is 0.803. The maximum absolute atomic E-state index is 4.50. The highest BCUT2D eigenvalue weighted by Crippen LogP contribution is 2.36. The average molecular weight is 249 g/mol. The summed E-state index contributed by atoms with van der Waals surface area (Å²) in [7, 11) is 4.18. The van der Waals surface area contributed by atoms with Crippen LogP contribution in [0.3, 0.4) is 0 Å². The van der Waals surface area contributed by atoms with Gasteiger partial charge in [0.25, 0.3) is 0 Å². The van der Waals surface area contributed by atoms with E-state index in [0.29, 0.717) is 0 Å². The summed E-state index contributed by atoms with van der Waals surface area (Å²) in [6.07, 6.45) is 10.6. The zero-order valence-electron chi connectivity index (χ0n) is 12.0. The molecule has 3 atom stereocenters. The summed E-state index contributed by atoms with van der Waals surface area (Å²) in [4.78, 5) is 4.50. The van der Waals surface area contributed by atoms with Gasteiger partial charge in [-0.25, -0.2) is 4.98 Å². The second-order valence-corrected chi connectivity index (χ2v) is 5.82. The second kappa shape index (κ2) is 6.37. The smallest absolute Gasteiger partial charge is 0.108 e. The van der Waals surface area contributed by atoms with Gasteiger partial charge in [-0.15, -0.1) is 0 Å². The summed E-state index contributed by atoms with van der Waals surface area (Å²) in [5.74, 6) is 3.81. The van der Waals surface area contributed by atoms with Crippen LogP contribution in [-0.2, 0) is 13.5 Å². The summed E-state index contributed by atoms with van der Waals surface area (Å²) in [6, 6.07) is 0. The summed E-state index contributed by atoms with van der Waals surface area (Å²) >= 11 is 0. The summed E-state index contributed by atoms with van der Waals surface area (Å²) in [5, 5.41) is 3.37. The van der Waals surface area contributed by atoms with Gasteiger partial charge in [-0.3, -0.25) is 0 Å². The first-order valence-corrected chi connectivity index (χ1v) is 7.35. The molecule has 1 aromatic heterocycles. The van der Waals surface area contributed by atoms with E-state index in [-0.39, 0.29) is 0 Å². The number of hydrogen-bond donors (Lipinski definition) is 1. The van der Waals surface area contributed by atoms with Crippen LogP contribution in [0.25, 0.3) is 0 Å². The van der Waals surface area contributed by atoms with E-state index in [4.69, 9.17) is 0 Å². The Balaban J connectivity index is 2.02. The number of nitrogens with zero attached hydrogens (tertiary/aromatic N) is 2. The van der Waals surface area contributed by atoms with Gasteiger partial charge in [0.05, 0.1) is 0 Å². The van der Waals surface area contributed by atoms with Crippen LogP contribution < -0.4 is 5.32 Å². The number of hydrogen-bond acceptors (Lipinski definition) is 2. The summed E-state index contributed by atoms with van der Waals surface area (Å²) in [6.45, 7) is 3.49. The predicted molar refractivity (Wildman–Crippen MR) is 75.5 cm³/mol. The van der Waals surface area contributed by atoms with E-state index in [2.05, 4.69) is 42.1 Å². The topological polar surface area (TPSA) is 29.9 Å². The van der Waals surface area contributed by atoms with Gasteiger partial charge in [-0.1, -0.05) is 19.8 Å². The molecule has 1 aromatic rings. The number of nitrogens with one attached hydrogen (secondary N) is 1. The van der Waals surface area contributed by atoms with Gasteiger partial charge in [-0.05, 0) is 44.2 Å². The van der Waals surface area contributed by atoms with Crippen molar-refractivity contribution in [1.29, 1.82) is 0 Å². The molecule has 0 bridgehead atoms. The van der Waals surface area contributed by atoms with Crippen molar-refractivity contribution in [1.82, 2.24) is 14.9 Å². The van der Waals surface area contributed by atoms with Crippen LogP contribution >= 0.6 is 0 Å². The fourth-order valence-corrected chi connectivity index (χ4v) is 3.40. The van der Waals surface area contributed by atoms with Crippen molar-refractivity contribution in [2.45, 2.75) is 39.0 Å². The Morgan fingerprint density at radius 1 is 1.39 bits per heavy atom. The Hall–Kier alpha value is -0.830. The first kappa shape index (κ1) is 13.6. The molecule has 0 saturated heterocycles. The number of aromatic nitrogens is 2. The highest BCUT2D eigenvalue weighted by Gasteiger charge is 2.30. The first-order valence-electron chi connectivity index (χ1n) is 7.35. The molecule has 3 heteroatoms. The minimum Gasteiger partial charge on any atom is -0.338 e. The van der Waals surface area contributed by atoms with Crippen molar-refractivity contribution >= 4 is 0 Å². The largest absolute Gasteiger partial charge is 0.338 e. The van der Waals surface area contributed by atoms with Crippen LogP contribution in [-0.4, -0.2) is 23.1 Å². The number of rotatable bonds is 5.